The number of hydrogen-bond acceptors (Lipinski definition) is 3. The van der Waals surface area contributed by atoms with Crippen LogP contribution in [0.5, 0.6) is 0 Å². The molecule has 102 valence electrons. The summed E-state index contributed by atoms with van der Waals surface area (Å²) in [4.78, 5) is 15.8. The van der Waals surface area contributed by atoms with E-state index >= 15 is 0 Å². The van der Waals surface area contributed by atoms with E-state index in [0.29, 0.717) is 18.7 Å². The Hall–Kier alpha value is -2.58. The van der Waals surface area contributed by atoms with Crippen LogP contribution in [-0.2, 0) is 6.54 Å². The van der Waals surface area contributed by atoms with Crippen molar-refractivity contribution < 1.29 is 9.90 Å². The van der Waals surface area contributed by atoms with Crippen LogP contribution in [0.25, 0.3) is 0 Å². The van der Waals surface area contributed by atoms with Crippen molar-refractivity contribution in [2.24, 2.45) is 0 Å². The molecule has 1 aromatic heterocycles. The molecule has 5 nitrogen and oxygen atoms in total. The summed E-state index contributed by atoms with van der Waals surface area (Å²) in [6, 6.07) is 6.95. The minimum absolute atomic E-state index is 0.119. The quantitative estimate of drug-likeness (QED) is 0.801. The molecule has 0 aliphatic rings. The zero-order chi connectivity index (χ0) is 14.2. The van der Waals surface area contributed by atoms with Crippen LogP contribution in [0.3, 0.4) is 0 Å². The van der Waals surface area contributed by atoms with Gasteiger partial charge in [-0.05, 0) is 24.3 Å². The molecule has 1 heterocycles. The first-order valence-electron chi connectivity index (χ1n) is 6.23. The number of nitrogens with one attached hydrogen (secondary N) is 1. The highest BCUT2D eigenvalue weighted by Gasteiger charge is 2.04. The number of nitrogens with zero attached hydrogens (tertiary/aromatic N) is 2. The highest BCUT2D eigenvalue weighted by atomic mass is 16.2. The number of rotatable bonds is 4. The fourth-order valence-corrected chi connectivity index (χ4v) is 1.67. The molecule has 0 aliphatic carbocycles. The topological polar surface area (TPSA) is 67.2 Å². The molecule has 2 rings (SSSR count). The zero-order valence-corrected chi connectivity index (χ0v) is 10.9. The van der Waals surface area contributed by atoms with E-state index in [2.05, 4.69) is 22.1 Å². The number of aliphatic hydroxyl groups is 1. The molecule has 1 amide bonds. The van der Waals surface area contributed by atoms with Crippen molar-refractivity contribution in [2.45, 2.75) is 6.54 Å². The lowest BCUT2D eigenvalue weighted by Crippen LogP contribution is -2.26. The number of aromatic nitrogens is 2. The van der Waals surface area contributed by atoms with Crippen LogP contribution < -0.4 is 5.32 Å². The van der Waals surface area contributed by atoms with Gasteiger partial charge >= 0.3 is 0 Å². The normalized spacial score (nSPS) is 9.65. The molecule has 0 radical (unpaired) electrons. The predicted molar refractivity (Wildman–Crippen MR) is 75.0 cm³/mol. The summed E-state index contributed by atoms with van der Waals surface area (Å²) in [6.45, 7) is 1.06. The van der Waals surface area contributed by atoms with Gasteiger partial charge in [-0.25, -0.2) is 4.98 Å². The van der Waals surface area contributed by atoms with Crippen molar-refractivity contribution in [1.82, 2.24) is 14.9 Å². The smallest absolute Gasteiger partial charge is 0.251 e. The predicted octanol–water partition coefficient (Wildman–Crippen LogP) is 0.657. The van der Waals surface area contributed by atoms with Gasteiger partial charge in [0.15, 0.2) is 0 Å². The number of amides is 1. The average Bonchev–Trinajstić information content (AvgIpc) is 2.99. The van der Waals surface area contributed by atoms with Crippen molar-refractivity contribution in [3.05, 3.63) is 54.1 Å². The largest absolute Gasteiger partial charge is 0.384 e. The van der Waals surface area contributed by atoms with Gasteiger partial charge in [-0.1, -0.05) is 11.8 Å². The Bertz CT molecular complexity index is 607. The van der Waals surface area contributed by atoms with E-state index in [1.165, 1.54) is 0 Å². The zero-order valence-electron chi connectivity index (χ0n) is 10.9. The monoisotopic (exact) mass is 269 g/mol. The van der Waals surface area contributed by atoms with Gasteiger partial charge in [-0.15, -0.1) is 0 Å². The summed E-state index contributed by atoms with van der Waals surface area (Å²) in [5.74, 6) is 5.22. The van der Waals surface area contributed by atoms with Gasteiger partial charge in [0.2, 0.25) is 0 Å². The van der Waals surface area contributed by atoms with Crippen molar-refractivity contribution in [2.75, 3.05) is 13.2 Å². The second-order valence-electron chi connectivity index (χ2n) is 4.09. The third-order valence-corrected chi connectivity index (χ3v) is 2.67. The fourth-order valence-electron chi connectivity index (χ4n) is 1.67. The van der Waals surface area contributed by atoms with Gasteiger partial charge in [0.25, 0.3) is 5.91 Å². The van der Waals surface area contributed by atoms with Crippen LogP contribution in [-0.4, -0.2) is 33.7 Å². The van der Waals surface area contributed by atoms with Crippen LogP contribution in [0.2, 0.25) is 0 Å². The lowest BCUT2D eigenvalue weighted by Gasteiger charge is -2.05. The highest BCUT2D eigenvalue weighted by molar-refractivity contribution is 5.94. The van der Waals surface area contributed by atoms with E-state index in [-0.39, 0.29) is 12.5 Å². The molecule has 2 N–H and O–H groups in total. The van der Waals surface area contributed by atoms with Crippen molar-refractivity contribution in [3.63, 3.8) is 0 Å². The van der Waals surface area contributed by atoms with E-state index in [4.69, 9.17) is 5.11 Å². The van der Waals surface area contributed by atoms with Crippen LogP contribution in [0.15, 0.2) is 43.0 Å². The molecule has 1 aromatic carbocycles. The summed E-state index contributed by atoms with van der Waals surface area (Å²) in [5.41, 5.74) is 1.36. The summed E-state index contributed by atoms with van der Waals surface area (Å²) < 4.78 is 1.90. The fraction of sp³-hybridized carbons (Fsp3) is 0.200. The Labute approximate surface area is 117 Å². The molecule has 0 saturated heterocycles. The van der Waals surface area contributed by atoms with Gasteiger partial charge in [-0.3, -0.25) is 4.79 Å². The third kappa shape index (κ3) is 3.97. The molecule has 0 fully saturated rings. The van der Waals surface area contributed by atoms with Crippen molar-refractivity contribution >= 4 is 5.91 Å². The van der Waals surface area contributed by atoms with E-state index in [0.717, 1.165) is 5.56 Å². The van der Waals surface area contributed by atoms with Gasteiger partial charge < -0.3 is 15.0 Å². The van der Waals surface area contributed by atoms with Crippen LogP contribution in [0.4, 0.5) is 0 Å². The third-order valence-electron chi connectivity index (χ3n) is 2.67. The maximum Gasteiger partial charge on any atom is 0.251 e. The second-order valence-corrected chi connectivity index (χ2v) is 4.09. The minimum Gasteiger partial charge on any atom is -0.384 e. The van der Waals surface area contributed by atoms with Gasteiger partial charge in [-0.2, -0.15) is 0 Å². The van der Waals surface area contributed by atoms with Crippen LogP contribution >= 0.6 is 0 Å². The van der Waals surface area contributed by atoms with E-state index in [1.807, 2.05) is 10.8 Å². The Balaban J connectivity index is 1.85. The summed E-state index contributed by atoms with van der Waals surface area (Å²) in [6.07, 6.45) is 5.26. The molecule has 0 unspecified atom stereocenters. The van der Waals surface area contributed by atoms with Crippen molar-refractivity contribution in [3.8, 4) is 11.8 Å². The van der Waals surface area contributed by atoms with Crippen LogP contribution in [0, 0.1) is 11.8 Å². The molecule has 20 heavy (non-hydrogen) atoms. The molecular weight excluding hydrogens is 254 g/mol. The SMILES string of the molecule is O=C(NCCn1ccnc1)c1ccc(C#CCO)cc1. The van der Waals surface area contributed by atoms with E-state index in [9.17, 15) is 4.79 Å². The number of benzene rings is 1. The maximum absolute atomic E-state index is 11.9. The first kappa shape index (κ1) is 13.8. The Morgan fingerprint density at radius 1 is 1.35 bits per heavy atom. The maximum atomic E-state index is 11.9. The lowest BCUT2D eigenvalue weighted by molar-refractivity contribution is 0.0952. The molecule has 5 heteroatoms. The Morgan fingerprint density at radius 3 is 2.80 bits per heavy atom. The highest BCUT2D eigenvalue weighted by Crippen LogP contribution is 2.03. The molecule has 0 atom stereocenters. The Morgan fingerprint density at radius 2 is 2.15 bits per heavy atom. The van der Waals surface area contributed by atoms with E-state index in [1.54, 1.807) is 36.8 Å². The Kier molecular flexibility index (Phi) is 4.93. The number of aliphatic hydroxyl groups excluding tert-OH is 1. The number of imidazole rings is 1. The first-order valence-corrected chi connectivity index (χ1v) is 6.23. The summed E-state index contributed by atoms with van der Waals surface area (Å²) in [7, 11) is 0. The molecular formula is C15H15N3O2. The molecule has 0 bridgehead atoms. The lowest BCUT2D eigenvalue weighted by atomic mass is 10.1. The molecule has 0 aliphatic heterocycles. The number of carbonyl (C=O) groups excluding carboxylic acids is 1. The van der Waals surface area contributed by atoms with Gasteiger partial charge in [0, 0.05) is 36.6 Å². The summed E-state index contributed by atoms with van der Waals surface area (Å²) >= 11 is 0. The van der Waals surface area contributed by atoms with E-state index < -0.39 is 0 Å². The average molecular weight is 269 g/mol. The first-order chi connectivity index (χ1) is 9.79. The summed E-state index contributed by atoms with van der Waals surface area (Å²) in [5, 5.41) is 11.4. The number of carbonyl (C=O) groups is 1. The van der Waals surface area contributed by atoms with Crippen LogP contribution in [0.1, 0.15) is 15.9 Å². The van der Waals surface area contributed by atoms with Gasteiger partial charge in [0.1, 0.15) is 6.61 Å². The standard InChI is InChI=1S/C15H15N3O2/c19-11-1-2-13-3-5-14(6-4-13)15(20)17-8-10-18-9-7-16-12-18/h3-7,9,12,19H,8,10-11H2,(H,17,20). The molecule has 2 aromatic rings. The minimum atomic E-state index is -0.170. The molecule has 0 saturated carbocycles. The van der Waals surface area contributed by atoms with Crippen molar-refractivity contribution in [1.29, 1.82) is 0 Å². The number of hydrogen-bond donors (Lipinski definition) is 2. The second kappa shape index (κ2) is 7.12. The molecule has 0 spiro atoms. The van der Waals surface area contributed by atoms with Gasteiger partial charge in [0.05, 0.1) is 6.33 Å².